The molecule has 0 aliphatic rings. The lowest BCUT2D eigenvalue weighted by atomic mass is 10.1. The van der Waals surface area contributed by atoms with Crippen molar-refractivity contribution in [2.45, 2.75) is 26.3 Å². The Morgan fingerprint density at radius 3 is 2.89 bits per heavy atom. The summed E-state index contributed by atoms with van der Waals surface area (Å²) < 4.78 is 13.7. The molecule has 0 radical (unpaired) electrons. The van der Waals surface area contributed by atoms with E-state index in [1.54, 1.807) is 11.3 Å². The molecular weight excluding hydrogens is 327 g/mol. The van der Waals surface area contributed by atoms with Gasteiger partial charge in [0.05, 0.1) is 15.2 Å². The van der Waals surface area contributed by atoms with Crippen molar-refractivity contribution < 1.29 is 4.39 Å². The Bertz CT molecular complexity index is 556. The summed E-state index contributed by atoms with van der Waals surface area (Å²) >= 11 is 4.89. The SMILES string of the molecule is Cc1nc(CCNC(C)c2ccc(F)c(Br)c2)cs1. The van der Waals surface area contributed by atoms with E-state index in [1.807, 2.05) is 19.1 Å². The average molecular weight is 343 g/mol. The third-order valence-electron chi connectivity index (χ3n) is 2.94. The van der Waals surface area contributed by atoms with Crippen molar-refractivity contribution in [3.63, 3.8) is 0 Å². The summed E-state index contributed by atoms with van der Waals surface area (Å²) in [6.45, 7) is 4.95. The highest BCUT2D eigenvalue weighted by atomic mass is 79.9. The molecule has 2 aromatic rings. The van der Waals surface area contributed by atoms with Crippen LogP contribution in [0, 0.1) is 12.7 Å². The van der Waals surface area contributed by atoms with Crippen LogP contribution in [0.2, 0.25) is 0 Å². The smallest absolute Gasteiger partial charge is 0.137 e. The highest BCUT2D eigenvalue weighted by molar-refractivity contribution is 9.10. The number of nitrogens with one attached hydrogen (secondary N) is 1. The molecular formula is C14H16BrFN2S. The van der Waals surface area contributed by atoms with E-state index in [1.165, 1.54) is 6.07 Å². The van der Waals surface area contributed by atoms with Crippen LogP contribution in [0.1, 0.15) is 29.2 Å². The molecule has 0 amide bonds. The van der Waals surface area contributed by atoms with Gasteiger partial charge in [0, 0.05) is 24.4 Å². The number of aryl methyl sites for hydroxylation is 1. The van der Waals surface area contributed by atoms with E-state index >= 15 is 0 Å². The lowest BCUT2D eigenvalue weighted by Crippen LogP contribution is -2.21. The maximum absolute atomic E-state index is 13.2. The van der Waals surface area contributed by atoms with Crippen LogP contribution in [-0.4, -0.2) is 11.5 Å². The molecule has 2 nitrogen and oxygen atoms in total. The summed E-state index contributed by atoms with van der Waals surface area (Å²) in [6.07, 6.45) is 0.914. The predicted octanol–water partition coefficient (Wildman–Crippen LogP) is 4.25. The van der Waals surface area contributed by atoms with Crippen molar-refractivity contribution in [1.82, 2.24) is 10.3 Å². The molecule has 0 aliphatic carbocycles. The predicted molar refractivity (Wildman–Crippen MR) is 81.1 cm³/mol. The topological polar surface area (TPSA) is 24.9 Å². The van der Waals surface area contributed by atoms with Gasteiger partial charge in [-0.1, -0.05) is 6.07 Å². The summed E-state index contributed by atoms with van der Waals surface area (Å²) in [6, 6.07) is 5.31. The molecule has 0 aliphatic heterocycles. The maximum atomic E-state index is 13.2. The van der Waals surface area contributed by atoms with Crippen LogP contribution in [0.5, 0.6) is 0 Å². The van der Waals surface area contributed by atoms with Crippen LogP contribution < -0.4 is 5.32 Å². The minimum Gasteiger partial charge on any atom is -0.310 e. The molecule has 1 unspecified atom stereocenters. The molecule has 1 heterocycles. The van der Waals surface area contributed by atoms with Crippen molar-refractivity contribution in [2.75, 3.05) is 6.54 Å². The van der Waals surface area contributed by atoms with Gasteiger partial charge < -0.3 is 5.32 Å². The van der Waals surface area contributed by atoms with Crippen molar-refractivity contribution in [3.05, 3.63) is 50.1 Å². The van der Waals surface area contributed by atoms with Crippen molar-refractivity contribution >= 4 is 27.3 Å². The summed E-state index contributed by atoms with van der Waals surface area (Å²) in [5.41, 5.74) is 2.20. The van der Waals surface area contributed by atoms with E-state index in [0.717, 1.165) is 29.2 Å². The number of halogens is 2. The lowest BCUT2D eigenvalue weighted by molar-refractivity contribution is 0.570. The van der Waals surface area contributed by atoms with Crippen molar-refractivity contribution in [1.29, 1.82) is 0 Å². The number of hydrogen-bond acceptors (Lipinski definition) is 3. The molecule has 0 bridgehead atoms. The second-order valence-corrected chi connectivity index (χ2v) is 6.37. The van der Waals surface area contributed by atoms with Crippen LogP contribution in [0.4, 0.5) is 4.39 Å². The second kappa shape index (κ2) is 6.59. The summed E-state index contributed by atoms with van der Waals surface area (Å²) in [7, 11) is 0. The molecule has 1 aromatic heterocycles. The minimum absolute atomic E-state index is 0.191. The second-order valence-electron chi connectivity index (χ2n) is 4.46. The van der Waals surface area contributed by atoms with E-state index in [0.29, 0.717) is 4.47 Å². The third-order valence-corrected chi connectivity index (χ3v) is 4.37. The summed E-state index contributed by atoms with van der Waals surface area (Å²) in [5.74, 6) is -0.228. The van der Waals surface area contributed by atoms with E-state index in [4.69, 9.17) is 0 Å². The van der Waals surface area contributed by atoms with Gasteiger partial charge in [-0.15, -0.1) is 11.3 Å². The standard InChI is InChI=1S/C14H16BrFN2S/c1-9(11-3-4-14(16)13(15)7-11)17-6-5-12-8-19-10(2)18-12/h3-4,7-9,17H,5-6H2,1-2H3. The first-order valence-electron chi connectivity index (χ1n) is 6.15. The van der Waals surface area contributed by atoms with Gasteiger partial charge in [0.1, 0.15) is 5.82 Å². The van der Waals surface area contributed by atoms with Crippen LogP contribution >= 0.6 is 27.3 Å². The van der Waals surface area contributed by atoms with Gasteiger partial charge in [-0.25, -0.2) is 9.37 Å². The largest absolute Gasteiger partial charge is 0.310 e. The fourth-order valence-corrected chi connectivity index (χ4v) is 2.88. The van der Waals surface area contributed by atoms with Crippen LogP contribution in [0.3, 0.4) is 0 Å². The molecule has 102 valence electrons. The third kappa shape index (κ3) is 4.09. The Balaban J connectivity index is 1.86. The Morgan fingerprint density at radius 1 is 1.47 bits per heavy atom. The van der Waals surface area contributed by atoms with E-state index < -0.39 is 0 Å². The number of nitrogens with zero attached hydrogens (tertiary/aromatic N) is 1. The quantitative estimate of drug-likeness (QED) is 0.878. The fourth-order valence-electron chi connectivity index (χ4n) is 1.84. The number of thiazole rings is 1. The molecule has 2 rings (SSSR count). The molecule has 0 saturated carbocycles. The van der Waals surface area contributed by atoms with Crippen molar-refractivity contribution in [3.8, 4) is 0 Å². The zero-order valence-electron chi connectivity index (χ0n) is 10.9. The number of benzene rings is 1. The highest BCUT2D eigenvalue weighted by Gasteiger charge is 2.08. The minimum atomic E-state index is -0.228. The summed E-state index contributed by atoms with van der Waals surface area (Å²) in [5, 5.41) is 6.62. The van der Waals surface area contributed by atoms with E-state index in [-0.39, 0.29) is 11.9 Å². The van der Waals surface area contributed by atoms with E-state index in [2.05, 4.69) is 38.5 Å². The Labute approximate surface area is 125 Å². The maximum Gasteiger partial charge on any atom is 0.137 e. The Morgan fingerprint density at radius 2 is 2.26 bits per heavy atom. The zero-order valence-corrected chi connectivity index (χ0v) is 13.3. The molecule has 1 atom stereocenters. The highest BCUT2D eigenvalue weighted by Crippen LogP contribution is 2.21. The van der Waals surface area contributed by atoms with Crippen LogP contribution in [0.25, 0.3) is 0 Å². The van der Waals surface area contributed by atoms with Gasteiger partial charge >= 0.3 is 0 Å². The Kier molecular flexibility index (Phi) is 5.07. The number of hydrogen-bond donors (Lipinski definition) is 1. The molecule has 1 aromatic carbocycles. The van der Waals surface area contributed by atoms with Gasteiger partial charge in [0.2, 0.25) is 0 Å². The normalized spacial score (nSPS) is 12.6. The molecule has 0 saturated heterocycles. The van der Waals surface area contributed by atoms with Gasteiger partial charge in [0.15, 0.2) is 0 Å². The van der Waals surface area contributed by atoms with Gasteiger partial charge in [-0.05, 0) is 47.5 Å². The summed E-state index contributed by atoms with van der Waals surface area (Å²) in [4.78, 5) is 4.43. The van der Waals surface area contributed by atoms with E-state index in [9.17, 15) is 4.39 Å². The molecule has 5 heteroatoms. The van der Waals surface area contributed by atoms with Gasteiger partial charge in [-0.3, -0.25) is 0 Å². The number of aromatic nitrogens is 1. The number of rotatable bonds is 5. The first-order valence-corrected chi connectivity index (χ1v) is 7.83. The molecule has 1 N–H and O–H groups in total. The Hall–Kier alpha value is -0.780. The monoisotopic (exact) mass is 342 g/mol. The van der Waals surface area contributed by atoms with Gasteiger partial charge in [0.25, 0.3) is 0 Å². The van der Waals surface area contributed by atoms with Crippen LogP contribution in [0.15, 0.2) is 28.1 Å². The van der Waals surface area contributed by atoms with Gasteiger partial charge in [-0.2, -0.15) is 0 Å². The molecule has 0 spiro atoms. The molecule has 0 fully saturated rings. The average Bonchev–Trinajstić information content (AvgIpc) is 2.78. The van der Waals surface area contributed by atoms with Crippen LogP contribution in [-0.2, 0) is 6.42 Å². The fraction of sp³-hybridized carbons (Fsp3) is 0.357. The first-order chi connectivity index (χ1) is 9.06. The lowest BCUT2D eigenvalue weighted by Gasteiger charge is -2.14. The van der Waals surface area contributed by atoms with Crippen molar-refractivity contribution in [2.24, 2.45) is 0 Å². The first kappa shape index (κ1) is 14.6. The zero-order chi connectivity index (χ0) is 13.8. The molecule has 19 heavy (non-hydrogen) atoms.